The molecule has 2 atom stereocenters. The van der Waals surface area contributed by atoms with Gasteiger partial charge in [-0.05, 0) is 24.5 Å². The van der Waals surface area contributed by atoms with Crippen molar-refractivity contribution < 1.29 is 24.2 Å². The summed E-state index contributed by atoms with van der Waals surface area (Å²) >= 11 is 0. The monoisotopic (exact) mass is 308 g/mol. The number of rotatable bonds is 7. The number of hydrogen-bond donors (Lipinski definition) is 2. The van der Waals surface area contributed by atoms with Crippen LogP contribution in [0.4, 0.5) is 0 Å². The van der Waals surface area contributed by atoms with E-state index in [4.69, 9.17) is 14.6 Å². The quantitative estimate of drug-likeness (QED) is 0.756. The molecule has 0 unspecified atom stereocenters. The molecule has 2 heterocycles. The molecule has 1 amide bonds. The van der Waals surface area contributed by atoms with Crippen LogP contribution in [0.2, 0.25) is 0 Å². The first kappa shape index (κ1) is 16.4. The van der Waals surface area contributed by atoms with Crippen molar-refractivity contribution in [2.45, 2.75) is 31.4 Å². The Hall–Kier alpha value is -1.99. The molecule has 0 radical (unpaired) electrons. The fraction of sp³-hybridized carbons (Fsp3) is 0.533. The summed E-state index contributed by atoms with van der Waals surface area (Å²) in [5.41, 5.74) is 0.997. The fourth-order valence-electron chi connectivity index (χ4n) is 2.31. The Kier molecular flexibility index (Phi) is 6.29. The summed E-state index contributed by atoms with van der Waals surface area (Å²) in [4.78, 5) is 26.6. The predicted octanol–water partition coefficient (Wildman–Crippen LogP) is 0.389. The first-order chi connectivity index (χ1) is 10.6. The molecule has 2 rings (SSSR count). The lowest BCUT2D eigenvalue weighted by atomic mass is 10.1. The van der Waals surface area contributed by atoms with E-state index in [1.54, 1.807) is 12.4 Å². The first-order valence-electron chi connectivity index (χ1n) is 7.24. The van der Waals surface area contributed by atoms with Gasteiger partial charge in [0.05, 0.1) is 18.8 Å². The molecule has 1 aliphatic rings. The molecular formula is C15H20N2O5. The summed E-state index contributed by atoms with van der Waals surface area (Å²) < 4.78 is 10.6. The number of amides is 1. The van der Waals surface area contributed by atoms with Crippen molar-refractivity contribution in [2.24, 2.45) is 0 Å². The van der Waals surface area contributed by atoms with Gasteiger partial charge in [-0.15, -0.1) is 0 Å². The molecule has 2 N–H and O–H groups in total. The summed E-state index contributed by atoms with van der Waals surface area (Å²) in [5.74, 6) is -1.13. The number of nitrogens with one attached hydrogen (secondary N) is 1. The van der Waals surface area contributed by atoms with E-state index in [-0.39, 0.29) is 24.7 Å². The minimum atomic E-state index is -1.02. The summed E-state index contributed by atoms with van der Waals surface area (Å²) in [6.07, 6.45) is 4.61. The highest BCUT2D eigenvalue weighted by Crippen LogP contribution is 2.12. The molecule has 0 aliphatic carbocycles. The van der Waals surface area contributed by atoms with Gasteiger partial charge in [-0.1, -0.05) is 6.07 Å². The third kappa shape index (κ3) is 5.42. The molecule has 7 nitrogen and oxygen atoms in total. The largest absolute Gasteiger partial charge is 0.480 e. The zero-order valence-corrected chi connectivity index (χ0v) is 12.2. The highest BCUT2D eigenvalue weighted by atomic mass is 16.5. The van der Waals surface area contributed by atoms with Crippen molar-refractivity contribution in [2.75, 3.05) is 19.8 Å². The number of carboxylic acid groups (broad SMARTS) is 1. The molecule has 120 valence electrons. The average molecular weight is 308 g/mol. The normalized spacial score (nSPS) is 21.3. The Morgan fingerprint density at radius 2 is 2.36 bits per heavy atom. The standard InChI is InChI=1S/C15H20N2O5/c18-14(4-3-11-2-1-6-16-8-11)17-12-9-21-7-5-13(12)22-10-15(19)20/h1-2,6,8,12-13H,3-5,7,9-10H2,(H,17,18)(H,19,20)/t12-,13+/m1/s1. The molecule has 7 heteroatoms. The first-order valence-corrected chi connectivity index (χ1v) is 7.24. The van der Waals surface area contributed by atoms with Gasteiger partial charge in [0, 0.05) is 25.4 Å². The Balaban J connectivity index is 1.79. The van der Waals surface area contributed by atoms with Crippen LogP contribution in [-0.4, -0.2) is 53.9 Å². The second-order valence-corrected chi connectivity index (χ2v) is 5.14. The number of nitrogens with zero attached hydrogens (tertiary/aromatic N) is 1. The van der Waals surface area contributed by atoms with Gasteiger partial charge in [-0.3, -0.25) is 9.78 Å². The number of aryl methyl sites for hydroxylation is 1. The summed E-state index contributed by atoms with van der Waals surface area (Å²) in [6.45, 7) is 0.474. The smallest absolute Gasteiger partial charge is 0.329 e. The van der Waals surface area contributed by atoms with Crippen LogP contribution in [0.25, 0.3) is 0 Å². The number of ether oxygens (including phenoxy) is 2. The molecule has 1 fully saturated rings. The predicted molar refractivity (Wildman–Crippen MR) is 77.3 cm³/mol. The van der Waals surface area contributed by atoms with Gasteiger partial charge in [-0.2, -0.15) is 0 Å². The minimum absolute atomic E-state index is 0.108. The molecule has 1 aliphatic heterocycles. The van der Waals surface area contributed by atoms with Crippen LogP contribution in [0.1, 0.15) is 18.4 Å². The maximum Gasteiger partial charge on any atom is 0.329 e. The number of carbonyl (C=O) groups excluding carboxylic acids is 1. The van der Waals surface area contributed by atoms with Gasteiger partial charge in [0.15, 0.2) is 0 Å². The summed E-state index contributed by atoms with van der Waals surface area (Å²) in [7, 11) is 0. The van der Waals surface area contributed by atoms with Crippen LogP contribution in [0.3, 0.4) is 0 Å². The second-order valence-electron chi connectivity index (χ2n) is 5.14. The van der Waals surface area contributed by atoms with E-state index >= 15 is 0 Å². The van der Waals surface area contributed by atoms with E-state index in [9.17, 15) is 9.59 Å². The van der Waals surface area contributed by atoms with Crippen LogP contribution >= 0.6 is 0 Å². The molecule has 0 spiro atoms. The summed E-state index contributed by atoms with van der Waals surface area (Å²) in [5, 5.41) is 11.5. The number of pyridine rings is 1. The molecular weight excluding hydrogens is 288 g/mol. The highest BCUT2D eigenvalue weighted by molar-refractivity contribution is 5.76. The van der Waals surface area contributed by atoms with Gasteiger partial charge in [0.1, 0.15) is 6.61 Å². The Labute approximate surface area is 128 Å². The molecule has 0 bridgehead atoms. The maximum absolute atomic E-state index is 12.0. The lowest BCUT2D eigenvalue weighted by Gasteiger charge is -2.31. The van der Waals surface area contributed by atoms with Gasteiger partial charge in [-0.25, -0.2) is 4.79 Å². The number of carbonyl (C=O) groups is 2. The van der Waals surface area contributed by atoms with E-state index in [2.05, 4.69) is 10.3 Å². The highest BCUT2D eigenvalue weighted by Gasteiger charge is 2.28. The van der Waals surface area contributed by atoms with E-state index < -0.39 is 5.97 Å². The summed E-state index contributed by atoms with van der Waals surface area (Å²) in [6, 6.07) is 3.44. The van der Waals surface area contributed by atoms with Gasteiger partial charge >= 0.3 is 5.97 Å². The van der Waals surface area contributed by atoms with E-state index in [1.165, 1.54) is 0 Å². The van der Waals surface area contributed by atoms with Crippen molar-refractivity contribution in [3.05, 3.63) is 30.1 Å². The minimum Gasteiger partial charge on any atom is -0.480 e. The van der Waals surface area contributed by atoms with Crippen molar-refractivity contribution in [3.8, 4) is 0 Å². The Bertz CT molecular complexity index is 494. The van der Waals surface area contributed by atoms with Crippen molar-refractivity contribution >= 4 is 11.9 Å². The Morgan fingerprint density at radius 1 is 1.50 bits per heavy atom. The lowest BCUT2D eigenvalue weighted by Crippen LogP contribution is -2.51. The van der Waals surface area contributed by atoms with Crippen LogP contribution in [0, 0.1) is 0 Å². The van der Waals surface area contributed by atoms with Crippen molar-refractivity contribution in [1.82, 2.24) is 10.3 Å². The lowest BCUT2D eigenvalue weighted by molar-refractivity contribution is -0.148. The SMILES string of the molecule is O=C(O)CO[C@H]1CCOC[C@H]1NC(=O)CCc1cccnc1. The average Bonchev–Trinajstić information content (AvgIpc) is 2.53. The van der Waals surface area contributed by atoms with Crippen LogP contribution in [-0.2, 0) is 25.5 Å². The third-order valence-electron chi connectivity index (χ3n) is 3.42. The van der Waals surface area contributed by atoms with Crippen LogP contribution in [0.15, 0.2) is 24.5 Å². The Morgan fingerprint density at radius 3 is 3.09 bits per heavy atom. The maximum atomic E-state index is 12.0. The van der Waals surface area contributed by atoms with Crippen LogP contribution < -0.4 is 5.32 Å². The number of aliphatic carboxylic acids is 1. The molecule has 0 saturated carbocycles. The van der Waals surface area contributed by atoms with Crippen LogP contribution in [0.5, 0.6) is 0 Å². The van der Waals surface area contributed by atoms with E-state index in [0.29, 0.717) is 32.5 Å². The molecule has 1 aromatic rings. The number of aromatic nitrogens is 1. The molecule has 1 aromatic heterocycles. The topological polar surface area (TPSA) is 97.8 Å². The van der Waals surface area contributed by atoms with E-state index in [0.717, 1.165) is 5.56 Å². The zero-order chi connectivity index (χ0) is 15.8. The second kappa shape index (κ2) is 8.45. The molecule has 22 heavy (non-hydrogen) atoms. The van der Waals surface area contributed by atoms with Gasteiger partial charge < -0.3 is 19.9 Å². The van der Waals surface area contributed by atoms with E-state index in [1.807, 2.05) is 12.1 Å². The fourth-order valence-corrected chi connectivity index (χ4v) is 2.31. The number of hydrogen-bond acceptors (Lipinski definition) is 5. The van der Waals surface area contributed by atoms with Crippen molar-refractivity contribution in [1.29, 1.82) is 0 Å². The molecule has 1 saturated heterocycles. The third-order valence-corrected chi connectivity index (χ3v) is 3.42. The van der Waals surface area contributed by atoms with Gasteiger partial charge in [0.2, 0.25) is 5.91 Å². The van der Waals surface area contributed by atoms with Gasteiger partial charge in [0.25, 0.3) is 0 Å². The van der Waals surface area contributed by atoms with Crippen molar-refractivity contribution in [3.63, 3.8) is 0 Å². The number of carboxylic acids is 1. The zero-order valence-electron chi connectivity index (χ0n) is 12.2. The molecule has 0 aromatic carbocycles.